The van der Waals surface area contributed by atoms with Crippen LogP contribution in [0.4, 0.5) is 0 Å². The van der Waals surface area contributed by atoms with Gasteiger partial charge in [0.25, 0.3) is 5.91 Å². The van der Waals surface area contributed by atoms with Crippen LogP contribution in [0.1, 0.15) is 36.3 Å². The molecule has 0 radical (unpaired) electrons. The van der Waals surface area contributed by atoms with Gasteiger partial charge in [0.05, 0.1) is 0 Å². The van der Waals surface area contributed by atoms with Gasteiger partial charge in [-0.15, -0.1) is 0 Å². The van der Waals surface area contributed by atoms with Crippen molar-refractivity contribution in [3.63, 3.8) is 0 Å². The number of alkyl halides is 1. The van der Waals surface area contributed by atoms with Gasteiger partial charge >= 0.3 is 0 Å². The van der Waals surface area contributed by atoms with Gasteiger partial charge in [0.15, 0.2) is 5.43 Å². The molecule has 0 atom stereocenters. The smallest absolute Gasteiger partial charge is 0.256 e. The van der Waals surface area contributed by atoms with Crippen LogP contribution in [0.15, 0.2) is 17.1 Å². The summed E-state index contributed by atoms with van der Waals surface area (Å²) >= 11 is 3.39. The molecule has 4 nitrogen and oxygen atoms in total. The Morgan fingerprint density at radius 2 is 2.17 bits per heavy atom. The largest absolute Gasteiger partial charge is 0.364 e. The van der Waals surface area contributed by atoms with Gasteiger partial charge in [-0.3, -0.25) is 9.59 Å². The van der Waals surface area contributed by atoms with Gasteiger partial charge in [0.2, 0.25) is 0 Å². The van der Waals surface area contributed by atoms with Crippen LogP contribution in [0.5, 0.6) is 0 Å². The highest BCUT2D eigenvalue weighted by Gasteiger charge is 2.19. The molecule has 100 valence electrons. The summed E-state index contributed by atoms with van der Waals surface area (Å²) < 4.78 is 0. The SMILES string of the molecule is Cc1cc(=O)c(C(=O)NCC(C)(C)CCBr)c[nH]1. The fourth-order valence-electron chi connectivity index (χ4n) is 1.51. The summed E-state index contributed by atoms with van der Waals surface area (Å²) in [6.45, 7) is 6.48. The van der Waals surface area contributed by atoms with Crippen LogP contribution in [0.2, 0.25) is 0 Å². The van der Waals surface area contributed by atoms with Crippen LogP contribution in [0.25, 0.3) is 0 Å². The van der Waals surface area contributed by atoms with Gasteiger partial charge in [-0.25, -0.2) is 0 Å². The van der Waals surface area contributed by atoms with Gasteiger partial charge in [0, 0.05) is 29.8 Å². The second-order valence-electron chi connectivity index (χ2n) is 5.18. The van der Waals surface area contributed by atoms with Crippen molar-refractivity contribution < 1.29 is 4.79 Å². The van der Waals surface area contributed by atoms with Crippen molar-refractivity contribution in [1.29, 1.82) is 0 Å². The van der Waals surface area contributed by atoms with E-state index in [1.165, 1.54) is 12.3 Å². The number of nitrogens with one attached hydrogen (secondary N) is 2. The number of halogens is 1. The predicted molar refractivity (Wildman–Crippen MR) is 76.3 cm³/mol. The van der Waals surface area contributed by atoms with E-state index in [9.17, 15) is 9.59 Å². The lowest BCUT2D eigenvalue weighted by atomic mass is 9.90. The first-order valence-corrected chi connectivity index (χ1v) is 7.01. The Labute approximate surface area is 115 Å². The highest BCUT2D eigenvalue weighted by Crippen LogP contribution is 2.19. The van der Waals surface area contributed by atoms with Gasteiger partial charge in [-0.05, 0) is 18.8 Å². The van der Waals surface area contributed by atoms with E-state index in [-0.39, 0.29) is 22.3 Å². The van der Waals surface area contributed by atoms with E-state index in [1.807, 2.05) is 0 Å². The van der Waals surface area contributed by atoms with Crippen LogP contribution in [-0.2, 0) is 0 Å². The number of carbonyl (C=O) groups excluding carboxylic acids is 1. The molecule has 0 saturated carbocycles. The van der Waals surface area contributed by atoms with E-state index >= 15 is 0 Å². The third kappa shape index (κ3) is 4.29. The summed E-state index contributed by atoms with van der Waals surface area (Å²) in [5, 5.41) is 3.69. The maximum atomic E-state index is 11.9. The van der Waals surface area contributed by atoms with Crippen LogP contribution >= 0.6 is 15.9 Å². The minimum absolute atomic E-state index is 0.0105. The molecule has 1 heterocycles. The van der Waals surface area contributed by atoms with Crippen molar-refractivity contribution >= 4 is 21.8 Å². The maximum absolute atomic E-state index is 11.9. The standard InChI is InChI=1S/C13H19BrN2O2/c1-9-6-11(17)10(7-15-9)12(18)16-8-13(2,3)4-5-14/h6-7H,4-5,8H2,1-3H3,(H,15,17)(H,16,18). The fourth-order valence-corrected chi connectivity index (χ4v) is 2.58. The van der Waals surface area contributed by atoms with E-state index in [0.717, 1.165) is 17.4 Å². The summed E-state index contributed by atoms with van der Waals surface area (Å²) in [5.41, 5.74) is 0.671. The van der Waals surface area contributed by atoms with Crippen molar-refractivity contribution in [2.45, 2.75) is 27.2 Å². The predicted octanol–water partition coefficient (Wildman–Crippen LogP) is 2.22. The average molecular weight is 315 g/mol. The molecule has 0 bridgehead atoms. The fraction of sp³-hybridized carbons (Fsp3) is 0.538. The summed E-state index contributed by atoms with van der Waals surface area (Å²) in [4.78, 5) is 26.4. The third-order valence-electron chi connectivity index (χ3n) is 2.80. The molecule has 0 aromatic carbocycles. The molecule has 0 aliphatic rings. The molecule has 1 aromatic rings. The van der Waals surface area contributed by atoms with Crippen molar-refractivity contribution in [3.8, 4) is 0 Å². The number of carbonyl (C=O) groups is 1. The maximum Gasteiger partial charge on any atom is 0.256 e. The van der Waals surface area contributed by atoms with Gasteiger partial charge in [0.1, 0.15) is 5.56 Å². The Morgan fingerprint density at radius 1 is 1.50 bits per heavy atom. The average Bonchev–Trinajstić information content (AvgIpc) is 2.26. The summed E-state index contributed by atoms with van der Waals surface area (Å²) in [6, 6.07) is 1.43. The number of pyridine rings is 1. The van der Waals surface area contributed by atoms with Crippen LogP contribution in [0.3, 0.4) is 0 Å². The van der Waals surface area contributed by atoms with Gasteiger partial charge in [-0.1, -0.05) is 29.8 Å². The first-order valence-electron chi connectivity index (χ1n) is 5.89. The van der Waals surface area contributed by atoms with Crippen molar-refractivity contribution in [2.75, 3.05) is 11.9 Å². The molecule has 1 rings (SSSR count). The first kappa shape index (κ1) is 15.0. The van der Waals surface area contributed by atoms with Crippen LogP contribution in [0, 0.1) is 12.3 Å². The minimum Gasteiger partial charge on any atom is -0.364 e. The van der Waals surface area contributed by atoms with Crippen LogP contribution in [-0.4, -0.2) is 22.8 Å². The van der Waals surface area contributed by atoms with Crippen LogP contribution < -0.4 is 10.7 Å². The second-order valence-corrected chi connectivity index (χ2v) is 5.97. The quantitative estimate of drug-likeness (QED) is 0.819. The Kier molecular flexibility index (Phi) is 5.14. The highest BCUT2D eigenvalue weighted by atomic mass is 79.9. The third-order valence-corrected chi connectivity index (χ3v) is 3.20. The molecule has 0 fully saturated rings. The Bertz CT molecular complexity index is 480. The van der Waals surface area contributed by atoms with Crippen molar-refractivity contribution in [3.05, 3.63) is 33.7 Å². The molecule has 0 spiro atoms. The minimum atomic E-state index is -0.320. The van der Waals surface area contributed by atoms with Crippen molar-refractivity contribution in [2.24, 2.45) is 5.41 Å². The zero-order chi connectivity index (χ0) is 13.8. The van der Waals surface area contributed by atoms with E-state index in [4.69, 9.17) is 0 Å². The zero-order valence-electron chi connectivity index (χ0n) is 11.0. The van der Waals surface area contributed by atoms with Gasteiger partial charge < -0.3 is 10.3 Å². The normalized spacial score (nSPS) is 11.3. The number of amides is 1. The van der Waals surface area contributed by atoms with Gasteiger partial charge in [-0.2, -0.15) is 0 Å². The lowest BCUT2D eigenvalue weighted by molar-refractivity contribution is 0.0934. The number of hydrogen-bond donors (Lipinski definition) is 2. The lowest BCUT2D eigenvalue weighted by Gasteiger charge is -2.23. The molecule has 1 aromatic heterocycles. The number of H-pyrrole nitrogens is 1. The summed E-state index contributed by atoms with van der Waals surface area (Å²) in [6.07, 6.45) is 2.42. The Balaban J connectivity index is 2.69. The zero-order valence-corrected chi connectivity index (χ0v) is 12.6. The first-order chi connectivity index (χ1) is 8.35. The molecule has 18 heavy (non-hydrogen) atoms. The molecule has 0 aliphatic carbocycles. The molecule has 5 heteroatoms. The van der Waals surface area contributed by atoms with E-state index < -0.39 is 0 Å². The van der Waals surface area contributed by atoms with E-state index in [1.54, 1.807) is 6.92 Å². The van der Waals surface area contributed by atoms with Crippen molar-refractivity contribution in [1.82, 2.24) is 10.3 Å². The molecular weight excluding hydrogens is 296 g/mol. The second kappa shape index (κ2) is 6.18. The molecule has 0 saturated heterocycles. The monoisotopic (exact) mass is 314 g/mol. The molecule has 0 aliphatic heterocycles. The highest BCUT2D eigenvalue weighted by molar-refractivity contribution is 9.09. The number of aromatic amines is 1. The Hall–Kier alpha value is -1.10. The number of aromatic nitrogens is 1. The number of aryl methyl sites for hydroxylation is 1. The molecule has 0 unspecified atom stereocenters. The summed E-state index contributed by atoms with van der Waals surface area (Å²) in [5.74, 6) is -0.320. The molecule has 1 amide bonds. The summed E-state index contributed by atoms with van der Waals surface area (Å²) in [7, 11) is 0. The Morgan fingerprint density at radius 3 is 2.72 bits per heavy atom. The number of rotatable bonds is 5. The lowest BCUT2D eigenvalue weighted by Crippen LogP contribution is -2.36. The molecular formula is C13H19BrN2O2. The van der Waals surface area contributed by atoms with E-state index in [2.05, 4.69) is 40.1 Å². The topological polar surface area (TPSA) is 62.0 Å². The molecule has 2 N–H and O–H groups in total. The number of hydrogen-bond acceptors (Lipinski definition) is 2. The van der Waals surface area contributed by atoms with E-state index in [0.29, 0.717) is 6.54 Å².